The van der Waals surface area contributed by atoms with E-state index in [1.807, 2.05) is 0 Å². The van der Waals surface area contributed by atoms with Crippen LogP contribution in [0, 0.1) is 5.82 Å². The molecule has 0 saturated carbocycles. The van der Waals surface area contributed by atoms with Crippen molar-refractivity contribution >= 4 is 22.5 Å². The van der Waals surface area contributed by atoms with Crippen LogP contribution >= 0.6 is 0 Å². The molecule has 1 aromatic carbocycles. The number of hydrogen-bond donors (Lipinski definition) is 1. The van der Waals surface area contributed by atoms with Crippen LogP contribution in [0.2, 0.25) is 0 Å². The lowest BCUT2D eigenvalue weighted by Crippen LogP contribution is -1.98. The number of nitrogen functional groups attached to an aromatic ring is 1. The maximum Gasteiger partial charge on any atom is 0.203 e. The van der Waals surface area contributed by atoms with Gasteiger partial charge in [-0.15, -0.1) is 10.2 Å². The monoisotopic (exact) mass is 203 g/mol. The Morgan fingerprint density at radius 1 is 1.33 bits per heavy atom. The summed E-state index contributed by atoms with van der Waals surface area (Å²) in [4.78, 5) is 4.05. The van der Waals surface area contributed by atoms with E-state index in [0.717, 1.165) is 5.52 Å². The summed E-state index contributed by atoms with van der Waals surface area (Å²) >= 11 is 0. The molecule has 2 aromatic heterocycles. The molecule has 0 saturated heterocycles. The van der Waals surface area contributed by atoms with Gasteiger partial charge in [-0.05, 0) is 12.1 Å². The van der Waals surface area contributed by atoms with Gasteiger partial charge in [-0.2, -0.15) is 0 Å². The number of hydrogen-bond acceptors (Lipinski definition) is 4. The molecule has 0 spiro atoms. The topological polar surface area (TPSA) is 69.1 Å². The second-order valence-corrected chi connectivity index (χ2v) is 3.15. The predicted molar refractivity (Wildman–Crippen MR) is 52.7 cm³/mol. The highest BCUT2D eigenvalue weighted by Gasteiger charge is 2.07. The standard InChI is InChI=1S/C9H6FN5/c10-5-1-2-7-6(3-5)13-8(11)9-14-12-4-15(7)9/h1-4H,(H2,11,13). The Bertz CT molecular complexity index is 660. The molecule has 0 amide bonds. The molecule has 2 heterocycles. The van der Waals surface area contributed by atoms with Gasteiger partial charge < -0.3 is 5.73 Å². The first kappa shape index (κ1) is 8.10. The van der Waals surface area contributed by atoms with Gasteiger partial charge in [0.25, 0.3) is 0 Å². The minimum atomic E-state index is -0.346. The van der Waals surface area contributed by atoms with Crippen LogP contribution < -0.4 is 5.73 Å². The van der Waals surface area contributed by atoms with Crippen LogP contribution in [0.15, 0.2) is 24.5 Å². The second kappa shape index (κ2) is 2.63. The quantitative estimate of drug-likeness (QED) is 0.591. The van der Waals surface area contributed by atoms with Crippen LogP contribution in [0.1, 0.15) is 0 Å². The first-order valence-corrected chi connectivity index (χ1v) is 4.30. The van der Waals surface area contributed by atoms with E-state index in [0.29, 0.717) is 11.2 Å². The van der Waals surface area contributed by atoms with Crippen molar-refractivity contribution in [1.82, 2.24) is 19.6 Å². The number of rotatable bonds is 0. The van der Waals surface area contributed by atoms with Crippen LogP contribution in [-0.2, 0) is 0 Å². The van der Waals surface area contributed by atoms with Crippen LogP contribution in [0.5, 0.6) is 0 Å². The van der Waals surface area contributed by atoms with Crippen molar-refractivity contribution < 1.29 is 4.39 Å². The molecule has 0 bridgehead atoms. The second-order valence-electron chi connectivity index (χ2n) is 3.15. The number of anilines is 1. The van der Waals surface area contributed by atoms with Crippen LogP contribution in [0.4, 0.5) is 10.2 Å². The lowest BCUT2D eigenvalue weighted by Gasteiger charge is -2.02. The Labute approximate surface area is 83.4 Å². The third kappa shape index (κ3) is 1.04. The molecule has 2 N–H and O–H groups in total. The zero-order chi connectivity index (χ0) is 10.4. The Balaban J connectivity index is 2.60. The Kier molecular flexibility index (Phi) is 1.42. The molecular weight excluding hydrogens is 197 g/mol. The summed E-state index contributed by atoms with van der Waals surface area (Å²) in [5.41, 5.74) is 7.35. The number of fused-ring (bicyclic) bond motifs is 3. The molecule has 0 aliphatic carbocycles. The van der Waals surface area contributed by atoms with E-state index in [4.69, 9.17) is 5.73 Å². The summed E-state index contributed by atoms with van der Waals surface area (Å²) < 4.78 is 14.7. The molecule has 6 heteroatoms. The van der Waals surface area contributed by atoms with Gasteiger partial charge in [0.05, 0.1) is 11.0 Å². The number of nitrogens with zero attached hydrogens (tertiary/aromatic N) is 4. The van der Waals surface area contributed by atoms with Gasteiger partial charge in [0, 0.05) is 6.07 Å². The molecule has 3 aromatic rings. The molecule has 0 aliphatic heterocycles. The van der Waals surface area contributed by atoms with E-state index in [9.17, 15) is 4.39 Å². The van der Waals surface area contributed by atoms with Crippen molar-refractivity contribution in [2.24, 2.45) is 0 Å². The molecule has 0 aliphatic rings. The molecule has 0 unspecified atom stereocenters. The van der Waals surface area contributed by atoms with E-state index in [-0.39, 0.29) is 11.6 Å². The molecule has 3 rings (SSSR count). The summed E-state index contributed by atoms with van der Waals surface area (Å²) in [5, 5.41) is 7.56. The Hall–Kier alpha value is -2.24. The fraction of sp³-hybridized carbons (Fsp3) is 0. The van der Waals surface area contributed by atoms with Gasteiger partial charge in [-0.1, -0.05) is 0 Å². The van der Waals surface area contributed by atoms with Gasteiger partial charge in [0.1, 0.15) is 12.1 Å². The zero-order valence-electron chi connectivity index (χ0n) is 7.55. The lowest BCUT2D eigenvalue weighted by atomic mass is 10.3. The van der Waals surface area contributed by atoms with E-state index in [1.165, 1.54) is 18.5 Å². The summed E-state index contributed by atoms with van der Waals surface area (Å²) in [7, 11) is 0. The van der Waals surface area contributed by atoms with Crippen molar-refractivity contribution in [2.75, 3.05) is 5.73 Å². The van der Waals surface area contributed by atoms with Crippen molar-refractivity contribution in [3.63, 3.8) is 0 Å². The lowest BCUT2D eigenvalue weighted by molar-refractivity contribution is 0.629. The maximum atomic E-state index is 13.0. The van der Waals surface area contributed by atoms with Crippen molar-refractivity contribution in [3.8, 4) is 0 Å². The number of halogens is 1. The number of nitrogens with two attached hydrogens (primary N) is 1. The number of aromatic nitrogens is 4. The first-order chi connectivity index (χ1) is 7.25. The van der Waals surface area contributed by atoms with E-state index < -0.39 is 0 Å². The summed E-state index contributed by atoms with van der Waals surface area (Å²) in [5.74, 6) is -0.104. The molecule has 15 heavy (non-hydrogen) atoms. The van der Waals surface area contributed by atoms with E-state index in [2.05, 4.69) is 15.2 Å². The summed E-state index contributed by atoms with van der Waals surface area (Å²) in [6.07, 6.45) is 1.52. The summed E-state index contributed by atoms with van der Waals surface area (Å²) in [6.45, 7) is 0. The third-order valence-electron chi connectivity index (χ3n) is 2.21. The summed E-state index contributed by atoms with van der Waals surface area (Å²) in [6, 6.07) is 4.30. The highest BCUT2D eigenvalue weighted by atomic mass is 19.1. The Morgan fingerprint density at radius 2 is 2.20 bits per heavy atom. The molecule has 0 atom stereocenters. The fourth-order valence-electron chi connectivity index (χ4n) is 1.56. The van der Waals surface area contributed by atoms with Gasteiger partial charge in [-0.25, -0.2) is 9.37 Å². The van der Waals surface area contributed by atoms with Gasteiger partial charge in [-0.3, -0.25) is 4.40 Å². The van der Waals surface area contributed by atoms with Crippen LogP contribution in [0.25, 0.3) is 16.7 Å². The Morgan fingerprint density at radius 3 is 3.07 bits per heavy atom. The zero-order valence-corrected chi connectivity index (χ0v) is 7.55. The highest BCUT2D eigenvalue weighted by molar-refractivity contribution is 5.81. The molecular formula is C9H6FN5. The van der Waals surface area contributed by atoms with E-state index >= 15 is 0 Å². The molecule has 0 fully saturated rings. The fourth-order valence-corrected chi connectivity index (χ4v) is 1.56. The van der Waals surface area contributed by atoms with Crippen LogP contribution in [-0.4, -0.2) is 19.6 Å². The van der Waals surface area contributed by atoms with Gasteiger partial charge in [0.2, 0.25) is 5.65 Å². The van der Waals surface area contributed by atoms with Crippen LogP contribution in [0.3, 0.4) is 0 Å². The minimum absolute atomic E-state index is 0.241. The van der Waals surface area contributed by atoms with Gasteiger partial charge in [0.15, 0.2) is 5.82 Å². The molecule has 74 valence electrons. The third-order valence-corrected chi connectivity index (χ3v) is 2.21. The first-order valence-electron chi connectivity index (χ1n) is 4.30. The maximum absolute atomic E-state index is 13.0. The van der Waals surface area contributed by atoms with Crippen molar-refractivity contribution in [3.05, 3.63) is 30.3 Å². The molecule has 0 radical (unpaired) electrons. The largest absolute Gasteiger partial charge is 0.381 e. The minimum Gasteiger partial charge on any atom is -0.381 e. The predicted octanol–water partition coefficient (Wildman–Crippen LogP) is 0.999. The van der Waals surface area contributed by atoms with Crippen molar-refractivity contribution in [2.45, 2.75) is 0 Å². The average molecular weight is 203 g/mol. The van der Waals surface area contributed by atoms with Gasteiger partial charge >= 0.3 is 0 Å². The molecule has 5 nitrogen and oxygen atoms in total. The highest BCUT2D eigenvalue weighted by Crippen LogP contribution is 2.18. The smallest absolute Gasteiger partial charge is 0.203 e. The number of benzene rings is 1. The van der Waals surface area contributed by atoms with Crippen molar-refractivity contribution in [1.29, 1.82) is 0 Å². The average Bonchev–Trinajstić information content (AvgIpc) is 2.66. The SMILES string of the molecule is Nc1nc2cc(F)ccc2n2cnnc12. The van der Waals surface area contributed by atoms with E-state index in [1.54, 1.807) is 10.5 Å². The normalized spacial score (nSPS) is 11.3.